The third-order valence-corrected chi connectivity index (χ3v) is 6.25. The molecule has 1 saturated heterocycles. The van der Waals surface area contributed by atoms with Gasteiger partial charge >= 0.3 is 0 Å². The Morgan fingerprint density at radius 1 is 1.23 bits per heavy atom. The smallest absolute Gasteiger partial charge is 0.119 e. The molecular formula is C21H35Cl2N5O2S. The summed E-state index contributed by atoms with van der Waals surface area (Å²) >= 11 is 1.46. The van der Waals surface area contributed by atoms with Gasteiger partial charge in [-0.2, -0.15) is 0 Å². The average Bonchev–Trinajstić information content (AvgIpc) is 3.07. The van der Waals surface area contributed by atoms with Gasteiger partial charge in [0.2, 0.25) is 0 Å². The zero-order chi connectivity index (χ0) is 20.9. The molecule has 1 unspecified atom stereocenters. The van der Waals surface area contributed by atoms with Crippen molar-refractivity contribution in [1.82, 2.24) is 19.4 Å². The maximum absolute atomic E-state index is 10.3. The molecule has 1 fully saturated rings. The topological polar surface area (TPSA) is 87.7 Å². The van der Waals surface area contributed by atoms with Gasteiger partial charge in [-0.3, -0.25) is 4.90 Å². The fraction of sp³-hybridized carbons (Fsp3) is 0.619. The Hall–Kier alpha value is -1.00. The van der Waals surface area contributed by atoms with Crippen molar-refractivity contribution < 1.29 is 9.84 Å². The van der Waals surface area contributed by atoms with Crippen molar-refractivity contribution >= 4 is 36.3 Å². The molecule has 176 valence electrons. The largest absolute Gasteiger partial charge is 0.491 e. The highest BCUT2D eigenvalue weighted by atomic mass is 35.5. The van der Waals surface area contributed by atoms with E-state index in [1.54, 1.807) is 0 Å². The first-order valence-electron chi connectivity index (χ1n) is 10.2. The molecule has 2 heterocycles. The molecular weight excluding hydrogens is 457 g/mol. The van der Waals surface area contributed by atoms with E-state index in [2.05, 4.69) is 45.5 Å². The standard InChI is InChI=1S/C21H33N5O2S.2ClH/c1-16-20(29-24-23-16)14-25(3)12-17-4-6-19(7-5-17)28-15-18(27)13-26-10-8-21(2,22)9-11-26;;/h4-7,18,27H,8-15,22H2,1-3H3;2*1H. The number of nitrogens with two attached hydrogens (primary N) is 1. The van der Waals surface area contributed by atoms with Crippen LogP contribution >= 0.6 is 36.3 Å². The van der Waals surface area contributed by atoms with Gasteiger partial charge in [0.1, 0.15) is 18.5 Å². The summed E-state index contributed by atoms with van der Waals surface area (Å²) in [6.07, 6.45) is 1.43. The SMILES string of the molecule is Cc1nnsc1CN(C)Cc1ccc(OCC(O)CN2CCC(C)(N)CC2)cc1.Cl.Cl. The summed E-state index contributed by atoms with van der Waals surface area (Å²) in [5.41, 5.74) is 8.32. The minimum atomic E-state index is -0.501. The molecule has 0 saturated carbocycles. The second-order valence-electron chi connectivity index (χ2n) is 8.52. The molecule has 0 aliphatic carbocycles. The molecule has 1 atom stereocenters. The molecule has 0 radical (unpaired) electrons. The monoisotopic (exact) mass is 491 g/mol. The van der Waals surface area contributed by atoms with Crippen LogP contribution in [0.25, 0.3) is 0 Å². The fourth-order valence-corrected chi connectivity index (χ4v) is 4.20. The lowest BCUT2D eigenvalue weighted by Crippen LogP contribution is -2.50. The van der Waals surface area contributed by atoms with Crippen LogP contribution in [-0.4, -0.2) is 69.4 Å². The minimum Gasteiger partial charge on any atom is -0.491 e. The van der Waals surface area contributed by atoms with Crippen LogP contribution in [0.4, 0.5) is 0 Å². The van der Waals surface area contributed by atoms with E-state index in [0.717, 1.165) is 50.5 Å². The number of ether oxygens (including phenoxy) is 1. The number of halogens is 2. The van der Waals surface area contributed by atoms with Crippen LogP contribution in [0.2, 0.25) is 0 Å². The van der Waals surface area contributed by atoms with Gasteiger partial charge < -0.3 is 20.5 Å². The summed E-state index contributed by atoms with van der Waals surface area (Å²) in [4.78, 5) is 5.71. The van der Waals surface area contributed by atoms with Crippen molar-refractivity contribution in [2.24, 2.45) is 5.73 Å². The Kier molecular flexibility index (Phi) is 11.7. The predicted octanol–water partition coefficient (Wildman–Crippen LogP) is 2.88. The van der Waals surface area contributed by atoms with Crippen LogP contribution in [0, 0.1) is 6.92 Å². The number of β-amino-alcohol motifs (C(OH)–C–C–N with tert-alkyl or cyclic N) is 1. The second kappa shape index (κ2) is 12.9. The predicted molar refractivity (Wildman–Crippen MR) is 131 cm³/mol. The van der Waals surface area contributed by atoms with E-state index < -0.39 is 6.10 Å². The Bertz CT molecular complexity index is 765. The summed E-state index contributed by atoms with van der Waals surface area (Å²) in [6.45, 7) is 8.57. The lowest BCUT2D eigenvalue weighted by molar-refractivity contribution is 0.0531. The summed E-state index contributed by atoms with van der Waals surface area (Å²) < 4.78 is 9.77. The Morgan fingerprint density at radius 2 is 1.87 bits per heavy atom. The second-order valence-corrected chi connectivity index (χ2v) is 9.36. The summed E-state index contributed by atoms with van der Waals surface area (Å²) in [7, 11) is 2.09. The highest BCUT2D eigenvalue weighted by Gasteiger charge is 2.26. The number of hydrogen-bond donors (Lipinski definition) is 2. The van der Waals surface area contributed by atoms with E-state index in [4.69, 9.17) is 10.5 Å². The van der Waals surface area contributed by atoms with E-state index >= 15 is 0 Å². The Balaban J connectivity index is 0.00000240. The van der Waals surface area contributed by atoms with Gasteiger partial charge in [0, 0.05) is 25.2 Å². The van der Waals surface area contributed by atoms with Gasteiger partial charge in [0.15, 0.2) is 0 Å². The van der Waals surface area contributed by atoms with E-state index in [9.17, 15) is 5.11 Å². The first-order valence-corrected chi connectivity index (χ1v) is 11.0. The van der Waals surface area contributed by atoms with Crippen LogP contribution in [0.5, 0.6) is 5.75 Å². The lowest BCUT2D eigenvalue weighted by atomic mass is 9.91. The maximum atomic E-state index is 10.3. The third kappa shape index (κ3) is 9.18. The van der Waals surface area contributed by atoms with Crippen LogP contribution < -0.4 is 10.5 Å². The molecule has 1 aliphatic heterocycles. The molecule has 0 amide bonds. The molecule has 10 heteroatoms. The number of aromatic nitrogens is 2. The zero-order valence-electron chi connectivity index (χ0n) is 18.5. The van der Waals surface area contributed by atoms with Gasteiger partial charge in [-0.1, -0.05) is 16.6 Å². The Morgan fingerprint density at radius 3 is 2.45 bits per heavy atom. The van der Waals surface area contributed by atoms with Crippen molar-refractivity contribution in [3.05, 3.63) is 40.4 Å². The summed E-state index contributed by atoms with van der Waals surface area (Å²) in [5, 5.41) is 14.4. The molecule has 7 nitrogen and oxygen atoms in total. The molecule has 1 aromatic heterocycles. The highest BCUT2D eigenvalue weighted by Crippen LogP contribution is 2.19. The number of aryl methyl sites for hydroxylation is 1. The molecule has 3 rings (SSSR count). The Labute approximate surface area is 201 Å². The quantitative estimate of drug-likeness (QED) is 0.557. The van der Waals surface area contributed by atoms with Crippen molar-refractivity contribution in [1.29, 1.82) is 0 Å². The fourth-order valence-electron chi connectivity index (χ4n) is 3.49. The normalized spacial score (nSPS) is 17.0. The first-order chi connectivity index (χ1) is 13.8. The number of hydrogen-bond acceptors (Lipinski definition) is 8. The minimum absolute atomic E-state index is 0. The first kappa shape index (κ1) is 28.0. The van der Waals surface area contributed by atoms with E-state index in [0.29, 0.717) is 13.2 Å². The van der Waals surface area contributed by atoms with E-state index in [1.165, 1.54) is 22.0 Å². The number of piperidine rings is 1. The third-order valence-electron chi connectivity index (χ3n) is 5.44. The molecule has 2 aromatic rings. The number of nitrogens with zero attached hydrogens (tertiary/aromatic N) is 4. The van der Waals surface area contributed by atoms with Gasteiger partial charge in [0.25, 0.3) is 0 Å². The van der Waals surface area contributed by atoms with Gasteiger partial charge in [0.05, 0.1) is 10.6 Å². The van der Waals surface area contributed by atoms with Crippen LogP contribution in [0.15, 0.2) is 24.3 Å². The van der Waals surface area contributed by atoms with Crippen molar-refractivity contribution in [3.8, 4) is 5.75 Å². The van der Waals surface area contributed by atoms with Gasteiger partial charge in [-0.05, 0) is 76.1 Å². The van der Waals surface area contributed by atoms with Crippen LogP contribution in [0.3, 0.4) is 0 Å². The molecule has 1 aromatic carbocycles. The van der Waals surface area contributed by atoms with E-state index in [1.807, 2.05) is 19.1 Å². The molecule has 1 aliphatic rings. The van der Waals surface area contributed by atoms with Crippen LogP contribution in [-0.2, 0) is 13.1 Å². The summed E-state index contributed by atoms with van der Waals surface area (Å²) in [6, 6.07) is 8.08. The van der Waals surface area contributed by atoms with Gasteiger partial charge in [-0.15, -0.1) is 29.9 Å². The van der Waals surface area contributed by atoms with Crippen molar-refractivity contribution in [2.75, 3.05) is 33.3 Å². The number of aliphatic hydroxyl groups is 1. The highest BCUT2D eigenvalue weighted by molar-refractivity contribution is 7.05. The number of aliphatic hydroxyl groups excluding tert-OH is 1. The number of benzene rings is 1. The van der Waals surface area contributed by atoms with Crippen LogP contribution in [0.1, 0.15) is 35.9 Å². The number of rotatable bonds is 9. The molecule has 31 heavy (non-hydrogen) atoms. The maximum Gasteiger partial charge on any atom is 0.119 e. The lowest BCUT2D eigenvalue weighted by Gasteiger charge is -2.37. The van der Waals surface area contributed by atoms with E-state index in [-0.39, 0.29) is 30.4 Å². The average molecular weight is 493 g/mol. The van der Waals surface area contributed by atoms with Gasteiger partial charge in [-0.25, -0.2) is 0 Å². The molecule has 0 spiro atoms. The van der Waals surface area contributed by atoms with Crippen molar-refractivity contribution in [2.45, 2.75) is 51.4 Å². The summed E-state index contributed by atoms with van der Waals surface area (Å²) in [5.74, 6) is 0.783. The molecule has 0 bridgehead atoms. The zero-order valence-corrected chi connectivity index (χ0v) is 20.9. The van der Waals surface area contributed by atoms with Crippen molar-refractivity contribution in [3.63, 3.8) is 0 Å². The number of likely N-dealkylation sites (tertiary alicyclic amines) is 1. The molecule has 3 N–H and O–H groups in total.